The number of anilines is 2. The van der Waals surface area contributed by atoms with Crippen LogP contribution in [0, 0.1) is 5.41 Å². The van der Waals surface area contributed by atoms with Crippen molar-refractivity contribution in [2.75, 3.05) is 30.9 Å². The average Bonchev–Trinajstić information content (AvgIpc) is 2.65. The largest absolute Gasteiger partial charge is 0.435 e. The number of nitrogens with zero attached hydrogens (tertiary/aromatic N) is 2. The molecule has 2 aromatic rings. The number of ether oxygens (including phenoxy) is 1. The molecule has 0 aliphatic carbocycles. The molecular formula is C18H23F2N5O3. The molecule has 8 nitrogen and oxygen atoms in total. The van der Waals surface area contributed by atoms with Gasteiger partial charge in [-0.1, -0.05) is 19.1 Å². The zero-order valence-corrected chi connectivity index (χ0v) is 15.8. The van der Waals surface area contributed by atoms with Gasteiger partial charge in [0.05, 0.1) is 18.4 Å². The number of alkyl halides is 2. The molecule has 1 heterocycles. The Labute approximate surface area is 160 Å². The molecule has 10 heteroatoms. The molecule has 152 valence electrons. The average molecular weight is 395 g/mol. The molecule has 0 fully saturated rings. The number of H-pyrrole nitrogens is 1. The molecule has 0 spiro atoms. The first-order chi connectivity index (χ1) is 13.3. The van der Waals surface area contributed by atoms with Gasteiger partial charge in [-0.25, -0.2) is 0 Å². The van der Waals surface area contributed by atoms with Gasteiger partial charge in [0.1, 0.15) is 17.1 Å². The van der Waals surface area contributed by atoms with Crippen molar-refractivity contribution in [3.05, 3.63) is 45.7 Å². The molecule has 0 bridgehead atoms. The molecule has 1 atom stereocenters. The summed E-state index contributed by atoms with van der Waals surface area (Å²) in [7, 11) is 3.41. The van der Waals surface area contributed by atoms with Crippen molar-refractivity contribution in [1.82, 2.24) is 9.97 Å². The van der Waals surface area contributed by atoms with Crippen LogP contribution >= 0.6 is 0 Å². The minimum Gasteiger partial charge on any atom is -0.435 e. The van der Waals surface area contributed by atoms with Gasteiger partial charge in [0.15, 0.2) is 0 Å². The number of hydrogen-bond donors (Lipinski definition) is 4. The summed E-state index contributed by atoms with van der Waals surface area (Å²) in [6.45, 7) is -1.61. The van der Waals surface area contributed by atoms with Crippen LogP contribution < -0.4 is 20.5 Å². The molecule has 28 heavy (non-hydrogen) atoms. The highest BCUT2D eigenvalue weighted by molar-refractivity contribution is 6.02. The minimum atomic E-state index is -2.90. The van der Waals surface area contributed by atoms with Gasteiger partial charge >= 0.3 is 6.61 Å². The summed E-state index contributed by atoms with van der Waals surface area (Å²) in [5.74, 6) is 0.490. The molecule has 0 saturated carbocycles. The number of aliphatic hydroxyl groups excluding tert-OH is 1. The topological polar surface area (TPSA) is 114 Å². The second kappa shape index (κ2) is 9.27. The maximum atomic E-state index is 12.4. The zero-order valence-electron chi connectivity index (χ0n) is 15.8. The number of hydrogen-bond acceptors (Lipinski definition) is 7. The van der Waals surface area contributed by atoms with Crippen LogP contribution in [0.25, 0.3) is 0 Å². The van der Waals surface area contributed by atoms with Crippen molar-refractivity contribution < 1.29 is 18.6 Å². The van der Waals surface area contributed by atoms with Gasteiger partial charge in [0, 0.05) is 14.1 Å². The number of aromatic amines is 1. The van der Waals surface area contributed by atoms with Gasteiger partial charge in [-0.2, -0.15) is 13.8 Å². The van der Waals surface area contributed by atoms with Crippen LogP contribution in [0.3, 0.4) is 0 Å². The summed E-state index contributed by atoms with van der Waals surface area (Å²) >= 11 is 0. The quantitative estimate of drug-likeness (QED) is 0.485. The van der Waals surface area contributed by atoms with Gasteiger partial charge in [-0.15, -0.1) is 0 Å². The summed E-state index contributed by atoms with van der Waals surface area (Å²) in [5.41, 5.74) is -0.101. The first-order valence-corrected chi connectivity index (χ1v) is 8.58. The Balaban J connectivity index is 2.40. The van der Waals surface area contributed by atoms with Crippen LogP contribution in [0.15, 0.2) is 29.1 Å². The summed E-state index contributed by atoms with van der Waals surface area (Å²) in [5, 5.41) is 20.3. The number of benzene rings is 1. The summed E-state index contributed by atoms with van der Waals surface area (Å²) < 4.78 is 29.0. The highest BCUT2D eigenvalue weighted by atomic mass is 19.3. The highest BCUT2D eigenvalue weighted by Crippen LogP contribution is 2.26. The summed E-state index contributed by atoms with van der Waals surface area (Å²) in [6.07, 6.45) is 0.590. The highest BCUT2D eigenvalue weighted by Gasteiger charge is 2.20. The van der Waals surface area contributed by atoms with Crippen LogP contribution in [-0.4, -0.2) is 48.1 Å². The van der Waals surface area contributed by atoms with Crippen molar-refractivity contribution in [3.8, 4) is 5.75 Å². The summed E-state index contributed by atoms with van der Waals surface area (Å²) in [6, 6.07) is 5.82. The van der Waals surface area contributed by atoms with Gasteiger partial charge in [-0.05, 0) is 24.1 Å². The van der Waals surface area contributed by atoms with Crippen LogP contribution in [0.4, 0.5) is 20.5 Å². The molecule has 0 amide bonds. The lowest BCUT2D eigenvalue weighted by atomic mass is 10.0. The molecule has 1 unspecified atom stereocenters. The standard InChI is InChI=1S/C18H23F2N5O3/c1-4-13(10-5-7-11(8-6-10)28-17(19)20)22-15-14(12(21)9-26)16(27)24-18(23-15)25(2)3/h5-8,13,17,21,26H,4,9H2,1-3H3,(H2,22,23,24,27). The monoisotopic (exact) mass is 395 g/mol. The van der Waals surface area contributed by atoms with E-state index in [9.17, 15) is 18.7 Å². The van der Waals surface area contributed by atoms with E-state index >= 15 is 0 Å². The lowest BCUT2D eigenvalue weighted by molar-refractivity contribution is -0.0498. The molecule has 0 saturated heterocycles. The van der Waals surface area contributed by atoms with E-state index in [1.165, 1.54) is 12.1 Å². The van der Waals surface area contributed by atoms with Crippen LogP contribution in [0.1, 0.15) is 30.5 Å². The third kappa shape index (κ3) is 5.03. The second-order valence-electron chi connectivity index (χ2n) is 6.20. The fourth-order valence-corrected chi connectivity index (χ4v) is 2.60. The molecule has 0 radical (unpaired) electrons. The molecule has 0 aliphatic heterocycles. The second-order valence-corrected chi connectivity index (χ2v) is 6.20. The predicted molar refractivity (Wildman–Crippen MR) is 103 cm³/mol. The van der Waals surface area contributed by atoms with Crippen LogP contribution in [0.2, 0.25) is 0 Å². The third-order valence-corrected chi connectivity index (χ3v) is 4.02. The smallest absolute Gasteiger partial charge is 0.387 e. The van der Waals surface area contributed by atoms with Crippen molar-refractivity contribution in [2.24, 2.45) is 0 Å². The van der Waals surface area contributed by atoms with Gasteiger partial charge in [0.25, 0.3) is 5.56 Å². The van der Waals surface area contributed by atoms with Crippen LogP contribution in [0.5, 0.6) is 5.75 Å². The Morgan fingerprint density at radius 1 is 1.36 bits per heavy atom. The first-order valence-electron chi connectivity index (χ1n) is 8.58. The Hall–Kier alpha value is -3.01. The molecule has 1 aromatic heterocycles. The number of rotatable bonds is 9. The SMILES string of the molecule is CCC(Nc1nc(N(C)C)[nH]c(=O)c1C(=N)CO)c1ccc(OC(F)F)cc1. The molecule has 4 N–H and O–H groups in total. The number of aliphatic hydroxyl groups is 1. The van der Waals surface area contributed by atoms with E-state index < -0.39 is 18.8 Å². The minimum absolute atomic E-state index is 0.0422. The molecule has 1 aromatic carbocycles. The van der Waals surface area contributed by atoms with E-state index in [-0.39, 0.29) is 34.8 Å². The van der Waals surface area contributed by atoms with E-state index in [1.807, 2.05) is 6.92 Å². The Kier molecular flexibility index (Phi) is 7.05. The predicted octanol–water partition coefficient (Wildman–Crippen LogP) is 2.36. The van der Waals surface area contributed by atoms with Crippen molar-refractivity contribution in [2.45, 2.75) is 26.0 Å². The molecule has 2 rings (SSSR count). The van der Waals surface area contributed by atoms with E-state index in [0.717, 1.165) is 5.56 Å². The first kappa shape index (κ1) is 21.3. The van der Waals surface area contributed by atoms with Crippen molar-refractivity contribution in [3.63, 3.8) is 0 Å². The number of nitrogens with one attached hydrogen (secondary N) is 3. The fourth-order valence-electron chi connectivity index (χ4n) is 2.60. The molecule has 0 aliphatic rings. The number of aromatic nitrogens is 2. The van der Waals surface area contributed by atoms with E-state index in [4.69, 9.17) is 5.41 Å². The fraction of sp³-hybridized carbons (Fsp3) is 0.389. The maximum absolute atomic E-state index is 12.4. The normalized spacial score (nSPS) is 12.0. The van der Waals surface area contributed by atoms with Crippen molar-refractivity contribution >= 4 is 17.5 Å². The van der Waals surface area contributed by atoms with Crippen molar-refractivity contribution in [1.29, 1.82) is 5.41 Å². The van der Waals surface area contributed by atoms with E-state index in [0.29, 0.717) is 6.42 Å². The Morgan fingerprint density at radius 3 is 2.50 bits per heavy atom. The van der Waals surface area contributed by atoms with E-state index in [2.05, 4.69) is 20.0 Å². The third-order valence-electron chi connectivity index (χ3n) is 4.02. The van der Waals surface area contributed by atoms with E-state index in [1.54, 1.807) is 31.1 Å². The zero-order chi connectivity index (χ0) is 20.8. The Bertz CT molecular complexity index is 869. The Morgan fingerprint density at radius 2 is 2.00 bits per heavy atom. The van der Waals surface area contributed by atoms with Gasteiger partial charge in [-0.3, -0.25) is 9.78 Å². The lowest BCUT2D eigenvalue weighted by Gasteiger charge is -2.21. The molecular weight excluding hydrogens is 372 g/mol. The van der Waals surface area contributed by atoms with Gasteiger partial charge in [0.2, 0.25) is 5.95 Å². The number of halogens is 2. The maximum Gasteiger partial charge on any atom is 0.387 e. The van der Waals surface area contributed by atoms with Crippen LogP contribution in [-0.2, 0) is 0 Å². The summed E-state index contributed by atoms with van der Waals surface area (Å²) in [4.78, 5) is 20.9. The van der Waals surface area contributed by atoms with Gasteiger partial charge < -0.3 is 25.5 Å². The lowest BCUT2D eigenvalue weighted by Crippen LogP contribution is -2.28.